The normalized spacial score (nSPS) is 13.5. The van der Waals surface area contributed by atoms with Gasteiger partial charge in [-0.15, -0.1) is 0 Å². The number of carbonyl (C=O) groups is 2. The minimum absolute atomic E-state index is 0.157. The molecule has 7 heteroatoms. The van der Waals surface area contributed by atoms with Crippen LogP contribution in [-0.2, 0) is 17.8 Å². The molecular weight excluding hydrogens is 447 g/mol. The van der Waals surface area contributed by atoms with Gasteiger partial charge in [-0.05, 0) is 59.5 Å². The van der Waals surface area contributed by atoms with E-state index in [1.807, 2.05) is 42.5 Å². The zero-order valence-corrected chi connectivity index (χ0v) is 18.5. The Morgan fingerprint density at radius 1 is 0.969 bits per heavy atom. The fourth-order valence-electron chi connectivity index (χ4n) is 3.77. The van der Waals surface area contributed by atoms with Gasteiger partial charge in [0.25, 0.3) is 11.8 Å². The van der Waals surface area contributed by atoms with Crippen molar-refractivity contribution in [2.24, 2.45) is 0 Å². The largest absolute Gasteiger partial charge is 0.334 e. The zero-order valence-electron chi connectivity index (χ0n) is 17.0. The first-order valence-corrected chi connectivity index (χ1v) is 10.8. The highest BCUT2D eigenvalue weighted by molar-refractivity contribution is 6.36. The highest BCUT2D eigenvalue weighted by atomic mass is 35.5. The predicted octanol–water partition coefficient (Wildman–Crippen LogP) is 5.24. The Balaban J connectivity index is 1.70. The van der Waals surface area contributed by atoms with Crippen LogP contribution in [0.25, 0.3) is 11.6 Å². The van der Waals surface area contributed by atoms with Crippen LogP contribution in [0.1, 0.15) is 32.6 Å². The summed E-state index contributed by atoms with van der Waals surface area (Å²) >= 11 is 12.5. The molecule has 0 saturated carbocycles. The van der Waals surface area contributed by atoms with Gasteiger partial charge in [0.1, 0.15) is 0 Å². The fourth-order valence-corrected chi connectivity index (χ4v) is 4.13. The lowest BCUT2D eigenvalue weighted by Gasteiger charge is -2.30. The molecule has 0 atom stereocenters. The van der Waals surface area contributed by atoms with E-state index in [0.717, 1.165) is 16.7 Å². The predicted molar refractivity (Wildman–Crippen MR) is 126 cm³/mol. The second-order valence-electron chi connectivity index (χ2n) is 7.49. The molecule has 0 aromatic heterocycles. The van der Waals surface area contributed by atoms with E-state index in [1.165, 1.54) is 0 Å². The summed E-state index contributed by atoms with van der Waals surface area (Å²) in [6.07, 6.45) is 2.48. The molecule has 0 bridgehead atoms. The SMILES string of the molecule is O=C(NO)c1ccc2c(c1)CN(C(=O)C(=Cc1ccc(Cl)cc1)c1ccccc1Cl)CC2. The van der Waals surface area contributed by atoms with Crippen LogP contribution in [0.5, 0.6) is 0 Å². The number of nitrogens with zero attached hydrogens (tertiary/aromatic N) is 1. The van der Waals surface area contributed by atoms with E-state index >= 15 is 0 Å². The Bertz CT molecular complexity index is 1210. The molecule has 4 rings (SSSR count). The Labute approximate surface area is 195 Å². The number of rotatable bonds is 4. The minimum atomic E-state index is -0.587. The fraction of sp³-hybridized carbons (Fsp3) is 0.120. The van der Waals surface area contributed by atoms with Crippen molar-refractivity contribution in [3.63, 3.8) is 0 Å². The first kappa shape index (κ1) is 22.1. The van der Waals surface area contributed by atoms with Gasteiger partial charge in [-0.25, -0.2) is 5.48 Å². The van der Waals surface area contributed by atoms with Crippen molar-refractivity contribution in [1.29, 1.82) is 0 Å². The summed E-state index contributed by atoms with van der Waals surface area (Å²) in [7, 11) is 0. The molecule has 0 aliphatic carbocycles. The molecule has 2 amide bonds. The van der Waals surface area contributed by atoms with Gasteiger partial charge >= 0.3 is 0 Å². The lowest BCUT2D eigenvalue weighted by Crippen LogP contribution is -2.36. The number of benzene rings is 3. The molecule has 5 nitrogen and oxygen atoms in total. The molecule has 1 aliphatic heterocycles. The highest BCUT2D eigenvalue weighted by Crippen LogP contribution is 2.30. The molecule has 0 spiro atoms. The van der Waals surface area contributed by atoms with E-state index in [2.05, 4.69) is 0 Å². The Kier molecular flexibility index (Phi) is 6.61. The van der Waals surface area contributed by atoms with Gasteiger partial charge < -0.3 is 4.90 Å². The summed E-state index contributed by atoms with van der Waals surface area (Å²) in [4.78, 5) is 27.2. The third kappa shape index (κ3) is 4.70. The number of hydrogen-bond donors (Lipinski definition) is 2. The number of amides is 2. The van der Waals surface area contributed by atoms with Crippen molar-refractivity contribution in [2.45, 2.75) is 13.0 Å². The van der Waals surface area contributed by atoms with Crippen LogP contribution in [0.15, 0.2) is 66.7 Å². The number of nitrogens with one attached hydrogen (secondary N) is 1. The second-order valence-corrected chi connectivity index (χ2v) is 8.33. The van der Waals surface area contributed by atoms with Crippen molar-refractivity contribution < 1.29 is 14.8 Å². The minimum Gasteiger partial charge on any atom is -0.334 e. The first-order valence-electron chi connectivity index (χ1n) is 10.0. The Hall–Kier alpha value is -3.12. The lowest BCUT2D eigenvalue weighted by molar-refractivity contribution is -0.125. The van der Waals surface area contributed by atoms with Crippen molar-refractivity contribution in [2.75, 3.05) is 6.54 Å². The average Bonchev–Trinajstić information content (AvgIpc) is 2.82. The molecule has 32 heavy (non-hydrogen) atoms. The van der Waals surface area contributed by atoms with Gasteiger partial charge in [0, 0.05) is 39.8 Å². The summed E-state index contributed by atoms with van der Waals surface area (Å²) in [5, 5.41) is 10.0. The molecule has 0 radical (unpaired) electrons. The van der Waals surface area contributed by atoms with Crippen LogP contribution in [0, 0.1) is 0 Å². The number of hydroxylamine groups is 1. The summed E-state index contributed by atoms with van der Waals surface area (Å²) in [5.74, 6) is -0.744. The van der Waals surface area contributed by atoms with E-state index < -0.39 is 5.91 Å². The maximum Gasteiger partial charge on any atom is 0.274 e. The van der Waals surface area contributed by atoms with Crippen LogP contribution in [0.3, 0.4) is 0 Å². The molecule has 2 N–H and O–H groups in total. The van der Waals surface area contributed by atoms with E-state index in [-0.39, 0.29) is 5.91 Å². The van der Waals surface area contributed by atoms with E-state index in [1.54, 1.807) is 40.7 Å². The van der Waals surface area contributed by atoms with Gasteiger partial charge in [0.2, 0.25) is 0 Å². The number of hydrogen-bond acceptors (Lipinski definition) is 3. The van der Waals surface area contributed by atoms with Gasteiger partial charge in [0.05, 0.1) is 0 Å². The second kappa shape index (κ2) is 9.57. The lowest BCUT2D eigenvalue weighted by atomic mass is 9.95. The average molecular weight is 467 g/mol. The highest BCUT2D eigenvalue weighted by Gasteiger charge is 2.26. The van der Waals surface area contributed by atoms with E-state index in [9.17, 15) is 9.59 Å². The Morgan fingerprint density at radius 3 is 2.44 bits per heavy atom. The molecule has 162 valence electrons. The van der Waals surface area contributed by atoms with Crippen LogP contribution >= 0.6 is 23.2 Å². The molecule has 0 unspecified atom stereocenters. The maximum atomic E-state index is 13.7. The van der Waals surface area contributed by atoms with E-state index in [4.69, 9.17) is 28.4 Å². The number of carbonyl (C=O) groups excluding carboxylic acids is 2. The quantitative estimate of drug-likeness (QED) is 0.239. The number of halogens is 2. The molecule has 0 fully saturated rings. The van der Waals surface area contributed by atoms with Crippen LogP contribution in [-0.4, -0.2) is 28.5 Å². The maximum absolute atomic E-state index is 13.7. The summed E-state index contributed by atoms with van der Waals surface area (Å²) < 4.78 is 0. The first-order chi connectivity index (χ1) is 15.5. The third-order valence-corrected chi connectivity index (χ3v) is 6.03. The summed E-state index contributed by atoms with van der Waals surface area (Å²) in [6.45, 7) is 0.892. The molecule has 3 aromatic carbocycles. The summed E-state index contributed by atoms with van der Waals surface area (Å²) in [5.41, 5.74) is 5.88. The molecule has 3 aromatic rings. The summed E-state index contributed by atoms with van der Waals surface area (Å²) in [6, 6.07) is 19.7. The molecule has 1 heterocycles. The third-order valence-electron chi connectivity index (χ3n) is 5.44. The van der Waals surface area contributed by atoms with Crippen molar-refractivity contribution in [1.82, 2.24) is 10.4 Å². The van der Waals surface area contributed by atoms with Crippen molar-refractivity contribution >= 4 is 46.7 Å². The van der Waals surface area contributed by atoms with Crippen LogP contribution in [0.2, 0.25) is 10.0 Å². The van der Waals surface area contributed by atoms with Gasteiger partial charge in [0.15, 0.2) is 0 Å². The molecular formula is C25H20Cl2N2O3. The van der Waals surface area contributed by atoms with Gasteiger partial charge in [-0.2, -0.15) is 0 Å². The molecule has 1 aliphatic rings. The monoisotopic (exact) mass is 466 g/mol. The molecule has 0 saturated heterocycles. The van der Waals surface area contributed by atoms with Crippen molar-refractivity contribution in [3.8, 4) is 0 Å². The topological polar surface area (TPSA) is 69.6 Å². The smallest absolute Gasteiger partial charge is 0.274 e. The standard InChI is InChI=1S/C25H20Cl2N2O3/c26-20-9-5-16(6-10-20)13-22(21-3-1-2-4-23(21)27)25(31)29-12-11-17-7-8-18(24(30)28-32)14-19(17)15-29/h1-10,13-14,32H,11-12,15H2,(H,28,30). The van der Waals surface area contributed by atoms with Crippen LogP contribution < -0.4 is 5.48 Å². The van der Waals surface area contributed by atoms with Gasteiger partial charge in [-0.3, -0.25) is 14.8 Å². The van der Waals surface area contributed by atoms with Crippen LogP contribution in [0.4, 0.5) is 0 Å². The van der Waals surface area contributed by atoms with Gasteiger partial charge in [-0.1, -0.05) is 59.6 Å². The zero-order chi connectivity index (χ0) is 22.7. The van der Waals surface area contributed by atoms with E-state index in [0.29, 0.717) is 46.3 Å². The van der Waals surface area contributed by atoms with Crippen molar-refractivity contribution in [3.05, 3.63) is 105 Å². The Morgan fingerprint density at radius 2 is 1.72 bits per heavy atom. The number of fused-ring (bicyclic) bond motifs is 1.